The Morgan fingerprint density at radius 1 is 1.09 bits per heavy atom. The van der Waals surface area contributed by atoms with Crippen molar-refractivity contribution in [2.24, 2.45) is 29.0 Å². The maximum atomic E-state index is 11.6. The topological polar surface area (TPSA) is 155 Å². The molecule has 0 saturated carbocycles. The molecule has 23 heavy (non-hydrogen) atoms. The van der Waals surface area contributed by atoms with Gasteiger partial charge in [-0.05, 0) is 12.1 Å². The summed E-state index contributed by atoms with van der Waals surface area (Å²) in [5.74, 6) is -4.17. The fourth-order valence-electron chi connectivity index (χ4n) is 2.13. The van der Waals surface area contributed by atoms with Gasteiger partial charge in [-0.1, -0.05) is 23.9 Å². The van der Waals surface area contributed by atoms with Gasteiger partial charge in [0, 0.05) is 12.2 Å². The Kier molecular flexibility index (Phi) is 5.22. The first-order valence-electron chi connectivity index (χ1n) is 6.73. The van der Waals surface area contributed by atoms with Gasteiger partial charge in [-0.25, -0.2) is 4.98 Å². The molecule has 0 aliphatic heterocycles. The minimum absolute atomic E-state index is 0.100. The van der Waals surface area contributed by atoms with E-state index < -0.39 is 29.6 Å². The number of aromatic nitrogens is 1. The van der Waals surface area contributed by atoms with Crippen molar-refractivity contribution >= 4 is 40.6 Å². The molecule has 8 nitrogen and oxygen atoms in total. The number of para-hydroxylation sites is 2. The first-order valence-corrected chi connectivity index (χ1v) is 7.72. The molecule has 6 N–H and O–H groups in total. The van der Waals surface area contributed by atoms with E-state index in [-0.39, 0.29) is 12.2 Å². The minimum atomic E-state index is -1.05. The zero-order valence-corrected chi connectivity index (χ0v) is 12.9. The zero-order chi connectivity index (χ0) is 17.0. The summed E-state index contributed by atoms with van der Waals surface area (Å²) < 4.78 is 5.51. The van der Waals surface area contributed by atoms with Crippen molar-refractivity contribution in [3.8, 4) is 0 Å². The first kappa shape index (κ1) is 16.8. The van der Waals surface area contributed by atoms with Gasteiger partial charge in [-0.15, -0.1) is 0 Å². The third kappa shape index (κ3) is 4.22. The lowest BCUT2D eigenvalue weighted by Crippen LogP contribution is -2.41. The number of rotatable bonds is 8. The lowest BCUT2D eigenvalue weighted by atomic mass is 9.89. The summed E-state index contributed by atoms with van der Waals surface area (Å²) in [5.41, 5.74) is 17.0. The maximum Gasteiger partial charge on any atom is 0.256 e. The fourth-order valence-corrected chi connectivity index (χ4v) is 3.16. The van der Waals surface area contributed by atoms with E-state index in [9.17, 15) is 14.4 Å². The van der Waals surface area contributed by atoms with Gasteiger partial charge in [0.2, 0.25) is 17.7 Å². The third-order valence-electron chi connectivity index (χ3n) is 3.30. The molecule has 0 bridgehead atoms. The summed E-state index contributed by atoms with van der Waals surface area (Å²) in [5, 5.41) is 0.333. The number of oxazole rings is 1. The van der Waals surface area contributed by atoms with E-state index in [2.05, 4.69) is 4.98 Å². The highest BCUT2D eigenvalue weighted by molar-refractivity contribution is 7.99. The monoisotopic (exact) mass is 336 g/mol. The number of nitrogens with zero attached hydrogens (tertiary/aromatic N) is 1. The summed E-state index contributed by atoms with van der Waals surface area (Å²) >= 11 is 1.12. The van der Waals surface area contributed by atoms with Gasteiger partial charge >= 0.3 is 0 Å². The van der Waals surface area contributed by atoms with Crippen LogP contribution in [0.2, 0.25) is 0 Å². The average molecular weight is 336 g/mol. The van der Waals surface area contributed by atoms with Crippen molar-refractivity contribution in [2.45, 2.75) is 11.6 Å². The Bertz CT molecular complexity index is 712. The van der Waals surface area contributed by atoms with Crippen LogP contribution in [0.15, 0.2) is 33.9 Å². The predicted molar refractivity (Wildman–Crippen MR) is 83.9 cm³/mol. The number of primary amides is 3. The smallest absolute Gasteiger partial charge is 0.256 e. The van der Waals surface area contributed by atoms with Crippen molar-refractivity contribution in [1.29, 1.82) is 0 Å². The summed E-state index contributed by atoms with van der Waals surface area (Å²) in [6.07, 6.45) is -0.336. The van der Waals surface area contributed by atoms with E-state index >= 15 is 0 Å². The molecule has 0 aliphatic rings. The number of thioether (sulfide) groups is 1. The number of carbonyl (C=O) groups is 3. The van der Waals surface area contributed by atoms with Gasteiger partial charge < -0.3 is 21.6 Å². The molecule has 1 heterocycles. The molecule has 9 heteroatoms. The quantitative estimate of drug-likeness (QED) is 0.576. The van der Waals surface area contributed by atoms with Crippen LogP contribution in [0.4, 0.5) is 0 Å². The Morgan fingerprint density at radius 2 is 1.74 bits per heavy atom. The molecule has 2 rings (SSSR count). The highest BCUT2D eigenvalue weighted by atomic mass is 32.2. The van der Waals surface area contributed by atoms with Crippen molar-refractivity contribution in [3.63, 3.8) is 0 Å². The first-order chi connectivity index (χ1) is 10.9. The molecule has 122 valence electrons. The number of fused-ring (bicyclic) bond motifs is 1. The van der Waals surface area contributed by atoms with Gasteiger partial charge in [-0.2, -0.15) is 0 Å². The summed E-state index contributed by atoms with van der Waals surface area (Å²) in [7, 11) is 0. The number of hydrogen-bond donors (Lipinski definition) is 3. The van der Waals surface area contributed by atoms with Crippen LogP contribution in [0.25, 0.3) is 11.1 Å². The van der Waals surface area contributed by atoms with Crippen molar-refractivity contribution in [3.05, 3.63) is 24.3 Å². The number of hydrogen-bond acceptors (Lipinski definition) is 6. The summed E-state index contributed by atoms with van der Waals surface area (Å²) in [4.78, 5) is 38.4. The van der Waals surface area contributed by atoms with Gasteiger partial charge in [-0.3, -0.25) is 14.4 Å². The molecule has 0 radical (unpaired) electrons. The minimum Gasteiger partial charge on any atom is -0.431 e. The summed E-state index contributed by atoms with van der Waals surface area (Å²) in [6, 6.07) is 7.18. The SMILES string of the molecule is NC(=O)CC(C(N)=O)C(CSc1nc2ccccc2o1)C(N)=O. The molecule has 0 aliphatic carbocycles. The lowest BCUT2D eigenvalue weighted by molar-refractivity contribution is -0.133. The molecular formula is C14H16N4O4S. The number of nitrogens with two attached hydrogens (primary N) is 3. The van der Waals surface area contributed by atoms with Crippen molar-refractivity contribution < 1.29 is 18.8 Å². The van der Waals surface area contributed by atoms with E-state index in [4.69, 9.17) is 21.6 Å². The molecule has 1 aromatic carbocycles. The molecule has 2 aromatic rings. The van der Waals surface area contributed by atoms with E-state index in [0.29, 0.717) is 16.3 Å². The molecule has 0 saturated heterocycles. The van der Waals surface area contributed by atoms with Crippen LogP contribution in [0.5, 0.6) is 0 Å². The Balaban J connectivity index is 2.13. The second-order valence-electron chi connectivity index (χ2n) is 4.95. The van der Waals surface area contributed by atoms with Crippen molar-refractivity contribution in [2.75, 3.05) is 5.75 Å². The van der Waals surface area contributed by atoms with Gasteiger partial charge in [0.1, 0.15) is 5.52 Å². The second kappa shape index (κ2) is 7.14. The van der Waals surface area contributed by atoms with Crippen molar-refractivity contribution in [1.82, 2.24) is 4.98 Å². The number of benzene rings is 1. The molecule has 0 fully saturated rings. The second-order valence-corrected chi connectivity index (χ2v) is 5.92. The third-order valence-corrected chi connectivity index (χ3v) is 4.25. The normalized spacial score (nSPS) is 13.6. The van der Waals surface area contributed by atoms with E-state index in [0.717, 1.165) is 11.8 Å². The van der Waals surface area contributed by atoms with E-state index in [1.807, 2.05) is 12.1 Å². The standard InChI is InChI=1S/C14H16N4O4S/c15-11(19)5-7(12(16)20)8(13(17)21)6-23-14-18-9-3-1-2-4-10(9)22-14/h1-4,7-8H,5-6H2,(H2,15,19)(H2,16,20)(H2,17,21). The number of amides is 3. The van der Waals surface area contributed by atoms with Crippen LogP contribution >= 0.6 is 11.8 Å². The van der Waals surface area contributed by atoms with Crippen LogP contribution in [0.1, 0.15) is 6.42 Å². The highest BCUT2D eigenvalue weighted by Gasteiger charge is 2.32. The van der Waals surface area contributed by atoms with Crippen LogP contribution in [-0.2, 0) is 14.4 Å². The maximum absolute atomic E-state index is 11.6. The van der Waals surface area contributed by atoms with Crippen LogP contribution in [0.3, 0.4) is 0 Å². The fraction of sp³-hybridized carbons (Fsp3) is 0.286. The Morgan fingerprint density at radius 3 is 2.30 bits per heavy atom. The summed E-state index contributed by atoms with van der Waals surface area (Å²) in [6.45, 7) is 0. The Labute approximate surface area is 135 Å². The molecule has 1 aromatic heterocycles. The molecular weight excluding hydrogens is 320 g/mol. The largest absolute Gasteiger partial charge is 0.431 e. The molecule has 2 atom stereocenters. The Hall–Kier alpha value is -2.55. The van der Waals surface area contributed by atoms with Crippen LogP contribution in [-0.4, -0.2) is 28.5 Å². The van der Waals surface area contributed by atoms with Gasteiger partial charge in [0.15, 0.2) is 5.58 Å². The van der Waals surface area contributed by atoms with Crippen LogP contribution < -0.4 is 17.2 Å². The van der Waals surface area contributed by atoms with Crippen LogP contribution in [0, 0.1) is 11.8 Å². The molecule has 2 unspecified atom stereocenters. The molecule has 3 amide bonds. The van der Waals surface area contributed by atoms with Gasteiger partial charge in [0.05, 0.1) is 11.8 Å². The molecule has 0 spiro atoms. The van der Waals surface area contributed by atoms with E-state index in [1.165, 1.54) is 0 Å². The zero-order valence-electron chi connectivity index (χ0n) is 12.1. The predicted octanol–water partition coefficient (Wildman–Crippen LogP) is -0.00170. The lowest BCUT2D eigenvalue weighted by Gasteiger charge is -2.19. The van der Waals surface area contributed by atoms with E-state index in [1.54, 1.807) is 12.1 Å². The highest BCUT2D eigenvalue weighted by Crippen LogP contribution is 2.28. The average Bonchev–Trinajstić information content (AvgIpc) is 2.88. The van der Waals surface area contributed by atoms with Gasteiger partial charge in [0.25, 0.3) is 5.22 Å². The number of carbonyl (C=O) groups excluding carboxylic acids is 3.